The lowest BCUT2D eigenvalue weighted by Crippen LogP contribution is -2.04. The topological polar surface area (TPSA) is 64.7 Å². The van der Waals surface area contributed by atoms with Crippen LogP contribution in [0.25, 0.3) is 21.6 Å². The quantitative estimate of drug-likeness (QED) is 0.752. The van der Waals surface area contributed by atoms with Gasteiger partial charge < -0.3 is 5.73 Å². The van der Waals surface area contributed by atoms with Gasteiger partial charge in [0.05, 0.1) is 20.4 Å². The third-order valence-corrected chi connectivity index (χ3v) is 4.68. The largest absolute Gasteiger partial charge is 0.383 e. The summed E-state index contributed by atoms with van der Waals surface area (Å²) in [7, 11) is 0. The molecule has 0 aliphatic heterocycles. The van der Waals surface area contributed by atoms with Crippen LogP contribution in [-0.2, 0) is 0 Å². The van der Waals surface area contributed by atoms with Gasteiger partial charge in [0.2, 0.25) is 0 Å². The van der Waals surface area contributed by atoms with E-state index in [0.29, 0.717) is 11.6 Å². The first-order chi connectivity index (χ1) is 9.56. The highest BCUT2D eigenvalue weighted by atomic mass is 79.9. The second-order valence-electron chi connectivity index (χ2n) is 4.81. The monoisotopic (exact) mass is 348 g/mol. The molecule has 3 aromatic rings. The van der Waals surface area contributed by atoms with Crippen molar-refractivity contribution in [1.29, 1.82) is 0 Å². The first kappa shape index (κ1) is 13.5. The molecule has 6 heteroatoms. The summed E-state index contributed by atoms with van der Waals surface area (Å²) in [4.78, 5) is 13.4. The number of hydrogen-bond acceptors (Lipinski definition) is 5. The minimum atomic E-state index is 0.270. The van der Waals surface area contributed by atoms with Crippen LogP contribution in [0.1, 0.15) is 25.5 Å². The normalized spacial score (nSPS) is 11.4. The van der Waals surface area contributed by atoms with E-state index < -0.39 is 0 Å². The highest BCUT2D eigenvalue weighted by molar-refractivity contribution is 9.10. The van der Waals surface area contributed by atoms with E-state index in [2.05, 4.69) is 50.8 Å². The van der Waals surface area contributed by atoms with Gasteiger partial charge in [-0.15, -0.1) is 11.3 Å². The van der Waals surface area contributed by atoms with Gasteiger partial charge in [-0.2, -0.15) is 0 Å². The van der Waals surface area contributed by atoms with Crippen LogP contribution in [0.5, 0.6) is 0 Å². The SMILES string of the molecule is CC(C)c1nc(-c2cnc3ccsc3c2)nc(N)c1Br. The van der Waals surface area contributed by atoms with Crippen molar-refractivity contribution in [2.75, 3.05) is 5.73 Å². The zero-order valence-electron chi connectivity index (χ0n) is 11.1. The van der Waals surface area contributed by atoms with Gasteiger partial charge in [0, 0.05) is 11.8 Å². The lowest BCUT2D eigenvalue weighted by atomic mass is 10.1. The molecule has 0 radical (unpaired) electrons. The van der Waals surface area contributed by atoms with Crippen molar-refractivity contribution in [1.82, 2.24) is 15.0 Å². The third-order valence-electron chi connectivity index (χ3n) is 3.01. The van der Waals surface area contributed by atoms with Gasteiger partial charge in [-0.3, -0.25) is 4.98 Å². The van der Waals surface area contributed by atoms with Gasteiger partial charge in [0.25, 0.3) is 0 Å². The highest BCUT2D eigenvalue weighted by Crippen LogP contribution is 2.30. The van der Waals surface area contributed by atoms with Gasteiger partial charge >= 0.3 is 0 Å². The van der Waals surface area contributed by atoms with Crippen LogP contribution < -0.4 is 5.73 Å². The molecule has 3 rings (SSSR count). The predicted molar refractivity (Wildman–Crippen MR) is 86.8 cm³/mol. The highest BCUT2D eigenvalue weighted by Gasteiger charge is 2.14. The van der Waals surface area contributed by atoms with E-state index in [4.69, 9.17) is 5.73 Å². The molecule has 0 fully saturated rings. The lowest BCUT2D eigenvalue weighted by molar-refractivity contribution is 0.811. The summed E-state index contributed by atoms with van der Waals surface area (Å²) in [6, 6.07) is 4.06. The van der Waals surface area contributed by atoms with Crippen molar-refractivity contribution >= 4 is 43.3 Å². The molecular weight excluding hydrogens is 336 g/mol. The summed E-state index contributed by atoms with van der Waals surface area (Å²) in [5.74, 6) is 1.36. The average Bonchev–Trinajstić information content (AvgIpc) is 2.88. The van der Waals surface area contributed by atoms with Crippen molar-refractivity contribution in [2.24, 2.45) is 0 Å². The number of fused-ring (bicyclic) bond motifs is 1. The molecule has 0 saturated heterocycles. The number of rotatable bonds is 2. The van der Waals surface area contributed by atoms with Gasteiger partial charge in [0.15, 0.2) is 5.82 Å². The number of thiophene rings is 1. The molecule has 0 spiro atoms. The number of hydrogen-bond donors (Lipinski definition) is 1. The van der Waals surface area contributed by atoms with Crippen LogP contribution in [-0.4, -0.2) is 15.0 Å². The number of halogens is 1. The van der Waals surface area contributed by atoms with Crippen LogP contribution in [0.15, 0.2) is 28.2 Å². The Morgan fingerprint density at radius 1 is 1.30 bits per heavy atom. The minimum Gasteiger partial charge on any atom is -0.383 e. The Labute approximate surface area is 129 Å². The van der Waals surface area contributed by atoms with E-state index in [-0.39, 0.29) is 5.92 Å². The number of nitrogen functional groups attached to an aromatic ring is 1. The van der Waals surface area contributed by atoms with Crippen LogP contribution in [0, 0.1) is 0 Å². The molecule has 0 aliphatic carbocycles. The molecule has 0 amide bonds. The second kappa shape index (κ2) is 5.10. The van der Waals surface area contributed by atoms with Gasteiger partial charge in [-0.1, -0.05) is 13.8 Å². The molecule has 0 bridgehead atoms. The van der Waals surface area contributed by atoms with Crippen LogP contribution >= 0.6 is 27.3 Å². The molecule has 0 aromatic carbocycles. The zero-order chi connectivity index (χ0) is 14.3. The second-order valence-corrected chi connectivity index (χ2v) is 6.56. The zero-order valence-corrected chi connectivity index (χ0v) is 13.5. The number of anilines is 1. The fourth-order valence-electron chi connectivity index (χ4n) is 1.96. The number of aromatic nitrogens is 3. The molecule has 0 atom stereocenters. The number of nitrogens with two attached hydrogens (primary N) is 1. The maximum atomic E-state index is 5.97. The van der Waals surface area contributed by atoms with E-state index in [9.17, 15) is 0 Å². The molecule has 20 heavy (non-hydrogen) atoms. The van der Waals surface area contributed by atoms with Crippen molar-refractivity contribution in [3.8, 4) is 11.4 Å². The molecule has 0 unspecified atom stereocenters. The fraction of sp³-hybridized carbons (Fsp3) is 0.214. The molecule has 0 aliphatic rings. The Bertz CT molecular complexity index is 782. The van der Waals surface area contributed by atoms with Gasteiger partial charge in [-0.05, 0) is 39.4 Å². The lowest BCUT2D eigenvalue weighted by Gasteiger charge is -2.11. The molecule has 102 valence electrons. The fourth-order valence-corrected chi connectivity index (χ4v) is 3.38. The Morgan fingerprint density at radius 2 is 2.10 bits per heavy atom. The maximum Gasteiger partial charge on any atom is 0.163 e. The Kier molecular flexibility index (Phi) is 3.43. The van der Waals surface area contributed by atoms with Crippen molar-refractivity contribution in [2.45, 2.75) is 19.8 Å². The Hall–Kier alpha value is -1.53. The smallest absolute Gasteiger partial charge is 0.163 e. The third kappa shape index (κ3) is 2.29. The standard InChI is InChI=1S/C14H13BrN4S/c1-7(2)12-11(15)13(16)19-14(18-12)8-5-10-9(17-6-8)3-4-20-10/h3-7H,1-2H3,(H2,16,18,19). The van der Waals surface area contributed by atoms with E-state index in [1.54, 1.807) is 17.5 Å². The summed E-state index contributed by atoms with van der Waals surface area (Å²) in [6.07, 6.45) is 1.79. The molecule has 3 aromatic heterocycles. The number of pyridine rings is 1. The first-order valence-corrected chi connectivity index (χ1v) is 7.90. The predicted octanol–water partition coefficient (Wildman–Crippen LogP) is 4.22. The number of nitrogens with zero attached hydrogens (tertiary/aromatic N) is 3. The minimum absolute atomic E-state index is 0.270. The van der Waals surface area contributed by atoms with Crippen LogP contribution in [0.2, 0.25) is 0 Å². The molecule has 4 nitrogen and oxygen atoms in total. The van der Waals surface area contributed by atoms with Crippen LogP contribution in [0.3, 0.4) is 0 Å². The van der Waals surface area contributed by atoms with Gasteiger partial charge in [-0.25, -0.2) is 9.97 Å². The van der Waals surface area contributed by atoms with E-state index >= 15 is 0 Å². The van der Waals surface area contributed by atoms with Crippen molar-refractivity contribution < 1.29 is 0 Å². The Balaban J connectivity index is 2.18. The maximum absolute atomic E-state index is 5.97. The average molecular weight is 349 g/mol. The van der Waals surface area contributed by atoms with E-state index in [0.717, 1.165) is 25.9 Å². The van der Waals surface area contributed by atoms with E-state index in [1.165, 1.54) is 0 Å². The summed E-state index contributed by atoms with van der Waals surface area (Å²) in [5.41, 5.74) is 8.77. The van der Waals surface area contributed by atoms with Gasteiger partial charge in [0.1, 0.15) is 5.82 Å². The summed E-state index contributed by atoms with van der Waals surface area (Å²) in [6.45, 7) is 4.16. The molecule has 2 N–H and O–H groups in total. The molecule has 3 heterocycles. The Morgan fingerprint density at radius 3 is 2.85 bits per heavy atom. The first-order valence-electron chi connectivity index (χ1n) is 6.23. The molecule has 0 saturated carbocycles. The molecular formula is C14H13BrN4S. The van der Waals surface area contributed by atoms with Crippen LogP contribution in [0.4, 0.5) is 5.82 Å². The van der Waals surface area contributed by atoms with E-state index in [1.807, 2.05) is 11.4 Å². The summed E-state index contributed by atoms with van der Waals surface area (Å²) < 4.78 is 1.90. The van der Waals surface area contributed by atoms with Crippen molar-refractivity contribution in [3.05, 3.63) is 33.9 Å². The summed E-state index contributed by atoms with van der Waals surface area (Å²) >= 11 is 5.11. The summed E-state index contributed by atoms with van der Waals surface area (Å²) in [5, 5.41) is 2.03. The van der Waals surface area contributed by atoms with Crippen molar-refractivity contribution in [3.63, 3.8) is 0 Å².